The van der Waals surface area contributed by atoms with Gasteiger partial charge in [-0.2, -0.15) is 9.61 Å². The summed E-state index contributed by atoms with van der Waals surface area (Å²) in [5.74, 6) is 1.66. The number of rotatable bonds is 4. The van der Waals surface area contributed by atoms with Crippen LogP contribution in [0, 0.1) is 6.92 Å². The van der Waals surface area contributed by atoms with E-state index >= 15 is 0 Å². The molecule has 1 aliphatic rings. The Kier molecular flexibility index (Phi) is 4.83. The van der Waals surface area contributed by atoms with Gasteiger partial charge in [-0.1, -0.05) is 0 Å². The third-order valence-corrected chi connectivity index (χ3v) is 5.91. The molecular formula is C23H26N6O. The molecule has 0 amide bonds. The van der Waals surface area contributed by atoms with Gasteiger partial charge in [-0.3, -0.25) is 4.98 Å². The highest BCUT2D eigenvalue weighted by molar-refractivity contribution is 5.98. The summed E-state index contributed by atoms with van der Waals surface area (Å²) in [7, 11) is 0. The van der Waals surface area contributed by atoms with Crippen LogP contribution in [0.25, 0.3) is 27.8 Å². The van der Waals surface area contributed by atoms with Gasteiger partial charge in [0.15, 0.2) is 11.5 Å². The number of benzene rings is 1. The van der Waals surface area contributed by atoms with Crippen LogP contribution >= 0.6 is 0 Å². The molecule has 0 aliphatic carbocycles. The second-order valence-electron chi connectivity index (χ2n) is 8.20. The Morgan fingerprint density at radius 1 is 1.03 bits per heavy atom. The molecule has 0 radical (unpaired) electrons. The largest absolute Gasteiger partial charge is 0.490 e. The SMILES string of the molecule is Cc1nnc2c3cccnc3c(-c3ccc(OC4CCN(C(C)C)CC4)cc3)nn12. The topological polar surface area (TPSA) is 68.4 Å². The van der Waals surface area contributed by atoms with Gasteiger partial charge in [0.25, 0.3) is 0 Å². The number of pyridine rings is 1. The van der Waals surface area contributed by atoms with Crippen molar-refractivity contribution in [1.29, 1.82) is 0 Å². The highest BCUT2D eigenvalue weighted by Crippen LogP contribution is 2.29. The number of hydrogen-bond acceptors (Lipinski definition) is 6. The average Bonchev–Trinajstić information content (AvgIpc) is 3.15. The molecule has 1 fully saturated rings. The Balaban J connectivity index is 1.42. The summed E-state index contributed by atoms with van der Waals surface area (Å²) >= 11 is 0. The summed E-state index contributed by atoms with van der Waals surface area (Å²) in [6.07, 6.45) is 4.20. The molecular weight excluding hydrogens is 376 g/mol. The number of ether oxygens (including phenoxy) is 1. The zero-order valence-corrected chi connectivity index (χ0v) is 17.6. The molecule has 30 heavy (non-hydrogen) atoms. The fourth-order valence-corrected chi connectivity index (χ4v) is 4.16. The molecule has 0 saturated carbocycles. The van der Waals surface area contributed by atoms with Crippen molar-refractivity contribution >= 4 is 16.6 Å². The Morgan fingerprint density at radius 3 is 2.53 bits per heavy atom. The van der Waals surface area contributed by atoms with E-state index in [9.17, 15) is 0 Å². The predicted molar refractivity (Wildman–Crippen MR) is 117 cm³/mol. The van der Waals surface area contributed by atoms with Gasteiger partial charge in [0, 0.05) is 36.3 Å². The van der Waals surface area contributed by atoms with Crippen molar-refractivity contribution in [2.75, 3.05) is 13.1 Å². The van der Waals surface area contributed by atoms with Crippen LogP contribution in [0.5, 0.6) is 5.75 Å². The molecule has 1 aliphatic heterocycles. The number of nitrogens with zero attached hydrogens (tertiary/aromatic N) is 6. The van der Waals surface area contributed by atoms with E-state index in [0.29, 0.717) is 6.04 Å². The molecule has 154 valence electrons. The van der Waals surface area contributed by atoms with E-state index < -0.39 is 0 Å². The lowest BCUT2D eigenvalue weighted by molar-refractivity contribution is 0.0843. The maximum absolute atomic E-state index is 6.25. The third kappa shape index (κ3) is 3.39. The smallest absolute Gasteiger partial charge is 0.187 e. The molecule has 1 aromatic carbocycles. The number of aryl methyl sites for hydroxylation is 1. The van der Waals surface area contributed by atoms with Crippen LogP contribution in [-0.4, -0.2) is 54.9 Å². The Labute approximate surface area is 175 Å². The molecule has 4 heterocycles. The van der Waals surface area contributed by atoms with Crippen molar-refractivity contribution in [1.82, 2.24) is 29.7 Å². The van der Waals surface area contributed by atoms with Gasteiger partial charge in [-0.15, -0.1) is 10.2 Å². The molecule has 5 rings (SSSR count). The number of likely N-dealkylation sites (tertiary alicyclic amines) is 1. The monoisotopic (exact) mass is 402 g/mol. The van der Waals surface area contributed by atoms with Gasteiger partial charge in [-0.25, -0.2) is 0 Å². The minimum Gasteiger partial charge on any atom is -0.490 e. The standard InChI is InChI=1S/C23H26N6O/c1-15(2)28-13-10-19(11-14-28)30-18-8-6-17(7-9-18)21-22-20(5-4-12-24-22)23-26-25-16(3)29(23)27-21/h4-9,12,15,19H,10-11,13-14H2,1-3H3. The first-order chi connectivity index (χ1) is 14.6. The van der Waals surface area contributed by atoms with Crippen molar-refractivity contribution < 1.29 is 4.74 Å². The van der Waals surface area contributed by atoms with Crippen LogP contribution in [0.1, 0.15) is 32.5 Å². The first kappa shape index (κ1) is 18.9. The van der Waals surface area contributed by atoms with Gasteiger partial charge < -0.3 is 9.64 Å². The highest BCUT2D eigenvalue weighted by Gasteiger charge is 2.22. The molecule has 7 nitrogen and oxygen atoms in total. The molecule has 7 heteroatoms. The minimum absolute atomic E-state index is 0.280. The van der Waals surface area contributed by atoms with Crippen molar-refractivity contribution in [3.05, 3.63) is 48.4 Å². The second-order valence-corrected chi connectivity index (χ2v) is 8.20. The summed E-state index contributed by atoms with van der Waals surface area (Å²) in [5.41, 5.74) is 3.37. The van der Waals surface area contributed by atoms with E-state index in [1.807, 2.05) is 31.2 Å². The molecule has 3 aromatic heterocycles. The summed E-state index contributed by atoms with van der Waals surface area (Å²) in [6.45, 7) is 8.61. The van der Waals surface area contributed by atoms with E-state index in [1.165, 1.54) is 0 Å². The lowest BCUT2D eigenvalue weighted by Crippen LogP contribution is -2.41. The fourth-order valence-electron chi connectivity index (χ4n) is 4.16. The highest BCUT2D eigenvalue weighted by atomic mass is 16.5. The molecule has 0 bridgehead atoms. The van der Waals surface area contributed by atoms with Gasteiger partial charge in [-0.05, 0) is 70.0 Å². The van der Waals surface area contributed by atoms with Crippen LogP contribution < -0.4 is 4.74 Å². The molecule has 0 N–H and O–H groups in total. The van der Waals surface area contributed by atoms with Crippen LogP contribution in [0.2, 0.25) is 0 Å². The van der Waals surface area contributed by atoms with Crippen LogP contribution in [0.3, 0.4) is 0 Å². The molecule has 4 aromatic rings. The normalized spacial score (nSPS) is 16.0. The van der Waals surface area contributed by atoms with Gasteiger partial charge in [0.1, 0.15) is 23.1 Å². The number of aromatic nitrogens is 5. The van der Waals surface area contributed by atoms with E-state index in [4.69, 9.17) is 9.84 Å². The lowest BCUT2D eigenvalue weighted by Gasteiger charge is -2.34. The van der Waals surface area contributed by atoms with E-state index in [2.05, 4.69) is 46.1 Å². The van der Waals surface area contributed by atoms with Gasteiger partial charge >= 0.3 is 0 Å². The van der Waals surface area contributed by atoms with Crippen LogP contribution in [0.4, 0.5) is 0 Å². The quantitative estimate of drug-likeness (QED) is 0.516. The zero-order chi connectivity index (χ0) is 20.7. The predicted octanol–water partition coefficient (Wildman–Crippen LogP) is 3.90. The summed E-state index contributed by atoms with van der Waals surface area (Å²) in [6, 6.07) is 12.7. The van der Waals surface area contributed by atoms with Crippen molar-refractivity contribution in [2.45, 2.75) is 45.8 Å². The minimum atomic E-state index is 0.280. The molecule has 0 unspecified atom stereocenters. The Morgan fingerprint density at radius 2 is 1.80 bits per heavy atom. The molecule has 0 spiro atoms. The van der Waals surface area contributed by atoms with E-state index in [0.717, 1.165) is 65.3 Å². The Hall–Kier alpha value is -3.06. The van der Waals surface area contributed by atoms with Crippen molar-refractivity contribution in [2.24, 2.45) is 0 Å². The molecule has 0 atom stereocenters. The summed E-state index contributed by atoms with van der Waals surface area (Å²) in [4.78, 5) is 7.08. The Bertz CT molecular complexity index is 1180. The summed E-state index contributed by atoms with van der Waals surface area (Å²) in [5, 5.41) is 14.2. The number of hydrogen-bond donors (Lipinski definition) is 0. The van der Waals surface area contributed by atoms with Crippen molar-refractivity contribution in [3.63, 3.8) is 0 Å². The first-order valence-corrected chi connectivity index (χ1v) is 10.6. The number of fused-ring (bicyclic) bond motifs is 3. The zero-order valence-electron chi connectivity index (χ0n) is 17.6. The van der Waals surface area contributed by atoms with Gasteiger partial charge in [0.05, 0.1) is 0 Å². The maximum Gasteiger partial charge on any atom is 0.187 e. The van der Waals surface area contributed by atoms with Gasteiger partial charge in [0.2, 0.25) is 0 Å². The molecule has 1 saturated heterocycles. The van der Waals surface area contributed by atoms with Crippen molar-refractivity contribution in [3.8, 4) is 17.0 Å². The van der Waals surface area contributed by atoms with E-state index in [-0.39, 0.29) is 6.10 Å². The summed E-state index contributed by atoms with van der Waals surface area (Å²) < 4.78 is 8.03. The first-order valence-electron chi connectivity index (χ1n) is 10.6. The van der Waals surface area contributed by atoms with E-state index in [1.54, 1.807) is 10.7 Å². The van der Waals surface area contributed by atoms with Crippen LogP contribution in [-0.2, 0) is 0 Å². The fraction of sp³-hybridized carbons (Fsp3) is 0.391. The maximum atomic E-state index is 6.25. The second kappa shape index (κ2) is 7.65. The third-order valence-electron chi connectivity index (χ3n) is 5.91. The average molecular weight is 403 g/mol. The van der Waals surface area contributed by atoms with Crippen LogP contribution in [0.15, 0.2) is 42.6 Å². The number of piperidine rings is 1. The lowest BCUT2D eigenvalue weighted by atomic mass is 10.1.